The van der Waals surface area contributed by atoms with Crippen molar-refractivity contribution in [1.29, 1.82) is 0 Å². The smallest absolute Gasteiger partial charge is 0.251 e. The molecule has 1 aliphatic rings. The van der Waals surface area contributed by atoms with E-state index in [1.165, 1.54) is 0 Å². The quantitative estimate of drug-likeness (QED) is 0.833. The SMILES string of the molecule is Cc1ccc(S)cc1C(=O)NCC1CCCS1(=O)=O. The number of carbonyl (C=O) groups is 1. The Hall–Kier alpha value is -1.01. The third kappa shape index (κ3) is 3.30. The fourth-order valence-electron chi connectivity index (χ4n) is 2.24. The first kappa shape index (κ1) is 14.4. The summed E-state index contributed by atoms with van der Waals surface area (Å²) < 4.78 is 23.3. The van der Waals surface area contributed by atoms with E-state index in [4.69, 9.17) is 0 Å². The van der Waals surface area contributed by atoms with E-state index < -0.39 is 15.1 Å². The second-order valence-corrected chi connectivity index (χ2v) is 7.76. The molecule has 19 heavy (non-hydrogen) atoms. The summed E-state index contributed by atoms with van der Waals surface area (Å²) in [5.74, 6) is -0.00547. The third-order valence-electron chi connectivity index (χ3n) is 3.42. The van der Waals surface area contributed by atoms with E-state index in [1.807, 2.05) is 19.1 Å². The van der Waals surface area contributed by atoms with Crippen molar-refractivity contribution in [2.75, 3.05) is 12.3 Å². The lowest BCUT2D eigenvalue weighted by atomic mass is 10.1. The van der Waals surface area contributed by atoms with Crippen molar-refractivity contribution in [3.8, 4) is 0 Å². The predicted molar refractivity (Wildman–Crippen MR) is 77.6 cm³/mol. The van der Waals surface area contributed by atoms with Crippen molar-refractivity contribution < 1.29 is 13.2 Å². The molecule has 1 saturated heterocycles. The summed E-state index contributed by atoms with van der Waals surface area (Å²) in [6, 6.07) is 5.33. The molecule has 0 bridgehead atoms. The molecule has 1 aromatic carbocycles. The van der Waals surface area contributed by atoms with Crippen LogP contribution in [-0.2, 0) is 9.84 Å². The fraction of sp³-hybridized carbons (Fsp3) is 0.462. The van der Waals surface area contributed by atoms with Gasteiger partial charge < -0.3 is 5.32 Å². The summed E-state index contributed by atoms with van der Waals surface area (Å²) in [6.45, 7) is 2.03. The number of benzene rings is 1. The van der Waals surface area contributed by atoms with Crippen LogP contribution < -0.4 is 5.32 Å². The van der Waals surface area contributed by atoms with Gasteiger partial charge in [0.2, 0.25) is 0 Å². The van der Waals surface area contributed by atoms with E-state index in [-0.39, 0.29) is 18.2 Å². The first-order valence-electron chi connectivity index (χ1n) is 6.19. The van der Waals surface area contributed by atoms with Crippen molar-refractivity contribution >= 4 is 28.4 Å². The van der Waals surface area contributed by atoms with E-state index in [0.29, 0.717) is 23.3 Å². The van der Waals surface area contributed by atoms with Gasteiger partial charge in [-0.15, -0.1) is 12.6 Å². The highest BCUT2D eigenvalue weighted by atomic mass is 32.2. The lowest BCUT2D eigenvalue weighted by molar-refractivity contribution is 0.0953. The Morgan fingerprint density at radius 3 is 2.84 bits per heavy atom. The number of sulfone groups is 1. The number of nitrogens with one attached hydrogen (secondary N) is 1. The van der Waals surface area contributed by atoms with E-state index in [1.54, 1.807) is 6.07 Å². The van der Waals surface area contributed by atoms with Crippen LogP contribution in [-0.4, -0.2) is 31.9 Å². The van der Waals surface area contributed by atoms with Gasteiger partial charge in [0.05, 0.1) is 11.0 Å². The molecule has 104 valence electrons. The van der Waals surface area contributed by atoms with Crippen LogP contribution in [0.2, 0.25) is 0 Å². The number of amides is 1. The van der Waals surface area contributed by atoms with Gasteiger partial charge in [0, 0.05) is 17.0 Å². The minimum absolute atomic E-state index is 0.192. The van der Waals surface area contributed by atoms with Crippen LogP contribution >= 0.6 is 12.6 Å². The fourth-order valence-corrected chi connectivity index (χ4v) is 4.21. The molecular formula is C13H17NO3S2. The normalized spacial score (nSPS) is 21.3. The Labute approximate surface area is 118 Å². The molecule has 6 heteroatoms. The Balaban J connectivity index is 2.04. The van der Waals surface area contributed by atoms with Crippen molar-refractivity contribution in [1.82, 2.24) is 5.32 Å². The van der Waals surface area contributed by atoms with Gasteiger partial charge >= 0.3 is 0 Å². The topological polar surface area (TPSA) is 63.2 Å². The van der Waals surface area contributed by atoms with Crippen LogP contribution in [0.5, 0.6) is 0 Å². The number of aryl methyl sites for hydroxylation is 1. The van der Waals surface area contributed by atoms with Crippen LogP contribution in [0, 0.1) is 6.92 Å². The molecule has 0 spiro atoms. The number of carbonyl (C=O) groups excluding carboxylic acids is 1. The number of hydrogen-bond acceptors (Lipinski definition) is 4. The molecule has 1 unspecified atom stereocenters. The molecule has 2 rings (SSSR count). The average Bonchev–Trinajstić information content (AvgIpc) is 2.68. The van der Waals surface area contributed by atoms with Crippen LogP contribution in [0.25, 0.3) is 0 Å². The largest absolute Gasteiger partial charge is 0.351 e. The Morgan fingerprint density at radius 2 is 2.21 bits per heavy atom. The first-order chi connectivity index (χ1) is 8.90. The van der Waals surface area contributed by atoms with Gasteiger partial charge in [-0.2, -0.15) is 0 Å². The van der Waals surface area contributed by atoms with Crippen molar-refractivity contribution in [3.63, 3.8) is 0 Å². The molecule has 0 radical (unpaired) electrons. The van der Waals surface area contributed by atoms with Crippen molar-refractivity contribution in [3.05, 3.63) is 29.3 Å². The molecule has 1 aliphatic heterocycles. The predicted octanol–water partition coefficient (Wildman–Crippen LogP) is 1.59. The van der Waals surface area contributed by atoms with Crippen molar-refractivity contribution in [2.45, 2.75) is 29.9 Å². The van der Waals surface area contributed by atoms with Gasteiger partial charge in [-0.25, -0.2) is 8.42 Å². The second-order valence-electron chi connectivity index (χ2n) is 4.84. The van der Waals surface area contributed by atoms with Gasteiger partial charge in [-0.1, -0.05) is 6.07 Å². The highest BCUT2D eigenvalue weighted by molar-refractivity contribution is 7.92. The zero-order valence-electron chi connectivity index (χ0n) is 10.7. The lowest BCUT2D eigenvalue weighted by Crippen LogP contribution is -2.34. The Bertz CT molecular complexity index is 596. The highest BCUT2D eigenvalue weighted by Gasteiger charge is 2.31. The molecular weight excluding hydrogens is 282 g/mol. The molecule has 1 N–H and O–H groups in total. The molecule has 4 nitrogen and oxygen atoms in total. The molecule has 0 saturated carbocycles. The molecule has 1 atom stereocenters. The number of thiol groups is 1. The zero-order valence-corrected chi connectivity index (χ0v) is 12.4. The second kappa shape index (κ2) is 5.54. The highest BCUT2D eigenvalue weighted by Crippen LogP contribution is 2.19. The summed E-state index contributed by atoms with van der Waals surface area (Å²) in [5.41, 5.74) is 1.40. The van der Waals surface area contributed by atoms with Gasteiger partial charge in [-0.3, -0.25) is 4.79 Å². The van der Waals surface area contributed by atoms with E-state index in [9.17, 15) is 13.2 Å². The van der Waals surface area contributed by atoms with Crippen LogP contribution in [0.15, 0.2) is 23.1 Å². The summed E-state index contributed by atoms with van der Waals surface area (Å²) in [4.78, 5) is 12.8. The maximum Gasteiger partial charge on any atom is 0.251 e. The van der Waals surface area contributed by atoms with E-state index >= 15 is 0 Å². The van der Waals surface area contributed by atoms with Gasteiger partial charge in [0.15, 0.2) is 9.84 Å². The Morgan fingerprint density at radius 1 is 1.47 bits per heavy atom. The van der Waals surface area contributed by atoms with Crippen LogP contribution in [0.3, 0.4) is 0 Å². The maximum atomic E-state index is 12.0. The molecule has 1 fully saturated rings. The summed E-state index contributed by atoms with van der Waals surface area (Å²) >= 11 is 4.20. The Kier molecular flexibility index (Phi) is 4.20. The van der Waals surface area contributed by atoms with Gasteiger partial charge in [0.1, 0.15) is 0 Å². The molecule has 1 aromatic rings. The molecule has 1 amide bonds. The van der Waals surface area contributed by atoms with Crippen LogP contribution in [0.4, 0.5) is 0 Å². The van der Waals surface area contributed by atoms with Crippen molar-refractivity contribution in [2.24, 2.45) is 0 Å². The van der Waals surface area contributed by atoms with Gasteiger partial charge in [0.25, 0.3) is 5.91 Å². The summed E-state index contributed by atoms with van der Waals surface area (Å²) in [5, 5.41) is 2.28. The number of rotatable bonds is 3. The standard InChI is InChI=1S/C13H17NO3S2/c1-9-4-5-10(18)7-12(9)13(15)14-8-11-3-2-6-19(11,16)17/h4-5,7,11,18H,2-3,6,8H2,1H3,(H,14,15). The van der Waals surface area contributed by atoms with E-state index in [0.717, 1.165) is 5.56 Å². The molecule has 0 aromatic heterocycles. The minimum atomic E-state index is -3.01. The molecule has 1 heterocycles. The first-order valence-corrected chi connectivity index (χ1v) is 8.36. The lowest BCUT2D eigenvalue weighted by Gasteiger charge is -2.12. The summed E-state index contributed by atoms with van der Waals surface area (Å²) in [6.07, 6.45) is 1.32. The van der Waals surface area contributed by atoms with Gasteiger partial charge in [-0.05, 0) is 37.5 Å². The third-order valence-corrected chi connectivity index (χ3v) is 5.97. The average molecular weight is 299 g/mol. The molecule has 0 aliphatic carbocycles. The van der Waals surface area contributed by atoms with Crippen LogP contribution in [0.1, 0.15) is 28.8 Å². The maximum absolute atomic E-state index is 12.0. The number of hydrogen-bond donors (Lipinski definition) is 2. The monoisotopic (exact) mass is 299 g/mol. The zero-order chi connectivity index (χ0) is 14.0. The van der Waals surface area contributed by atoms with E-state index in [2.05, 4.69) is 17.9 Å². The minimum Gasteiger partial charge on any atom is -0.351 e. The summed E-state index contributed by atoms with van der Waals surface area (Å²) in [7, 11) is -3.01.